The summed E-state index contributed by atoms with van der Waals surface area (Å²) in [5.41, 5.74) is 0.443. The van der Waals surface area contributed by atoms with Crippen LogP contribution in [0.3, 0.4) is 0 Å². The van der Waals surface area contributed by atoms with Gasteiger partial charge in [0.25, 0.3) is 5.91 Å². The van der Waals surface area contributed by atoms with Crippen molar-refractivity contribution < 1.29 is 4.79 Å². The number of rotatable bonds is 3. The molecule has 1 aliphatic carbocycles. The molecule has 1 aromatic rings. The van der Waals surface area contributed by atoms with Crippen molar-refractivity contribution in [2.75, 3.05) is 5.88 Å². The molecule has 0 aliphatic heterocycles. The second-order valence-electron chi connectivity index (χ2n) is 3.61. The van der Waals surface area contributed by atoms with Gasteiger partial charge in [0.15, 0.2) is 0 Å². The highest BCUT2D eigenvalue weighted by Gasteiger charge is 2.43. The third-order valence-corrected chi connectivity index (χ3v) is 2.92. The van der Waals surface area contributed by atoms with Gasteiger partial charge in [0.05, 0.1) is 11.1 Å². The predicted octanol–water partition coefficient (Wildman–Crippen LogP) is 1.58. The van der Waals surface area contributed by atoms with Crippen molar-refractivity contribution in [2.24, 2.45) is 0 Å². The third kappa shape index (κ3) is 1.87. The zero-order valence-corrected chi connectivity index (χ0v) is 8.42. The molecule has 1 amide bonds. The largest absolute Gasteiger partial charge is 0.345 e. The van der Waals surface area contributed by atoms with Crippen LogP contribution in [-0.2, 0) is 0 Å². The Bertz CT molecular complexity index is 335. The number of pyridine rings is 1. The van der Waals surface area contributed by atoms with E-state index in [4.69, 9.17) is 11.6 Å². The minimum absolute atomic E-state index is 0.0868. The summed E-state index contributed by atoms with van der Waals surface area (Å²) in [6.07, 6.45) is 5.15. The van der Waals surface area contributed by atoms with E-state index >= 15 is 0 Å². The van der Waals surface area contributed by atoms with Gasteiger partial charge in [-0.2, -0.15) is 0 Å². The van der Waals surface area contributed by atoms with Crippen LogP contribution in [0.1, 0.15) is 23.2 Å². The average Bonchev–Trinajstić information content (AvgIpc) is 3.00. The highest BCUT2D eigenvalue weighted by atomic mass is 35.5. The van der Waals surface area contributed by atoms with Gasteiger partial charge in [0, 0.05) is 18.3 Å². The van der Waals surface area contributed by atoms with Gasteiger partial charge in [0.1, 0.15) is 0 Å². The number of carbonyl (C=O) groups is 1. The molecule has 0 bridgehead atoms. The molecule has 1 heterocycles. The van der Waals surface area contributed by atoms with E-state index in [1.807, 2.05) is 0 Å². The summed E-state index contributed by atoms with van der Waals surface area (Å²) in [7, 11) is 0. The first-order chi connectivity index (χ1) is 6.76. The Labute approximate surface area is 87.5 Å². The molecular weight excluding hydrogens is 200 g/mol. The first kappa shape index (κ1) is 9.46. The van der Waals surface area contributed by atoms with E-state index in [2.05, 4.69) is 10.3 Å². The maximum atomic E-state index is 11.6. The quantitative estimate of drug-likeness (QED) is 0.770. The van der Waals surface area contributed by atoms with Crippen molar-refractivity contribution in [1.29, 1.82) is 0 Å². The lowest BCUT2D eigenvalue weighted by Gasteiger charge is -2.13. The molecule has 1 N–H and O–H groups in total. The Morgan fingerprint density at radius 1 is 1.64 bits per heavy atom. The number of alkyl halides is 1. The SMILES string of the molecule is O=C(NC1(CCl)CC1)c1cccnc1. The van der Waals surface area contributed by atoms with Gasteiger partial charge in [-0.15, -0.1) is 11.6 Å². The minimum Gasteiger partial charge on any atom is -0.345 e. The van der Waals surface area contributed by atoms with Crippen molar-refractivity contribution in [3.8, 4) is 0 Å². The molecule has 0 radical (unpaired) electrons. The number of hydrogen-bond acceptors (Lipinski definition) is 2. The number of aromatic nitrogens is 1. The van der Waals surface area contributed by atoms with Gasteiger partial charge in [-0.1, -0.05) is 0 Å². The van der Waals surface area contributed by atoms with Gasteiger partial charge in [-0.25, -0.2) is 0 Å². The molecule has 1 aliphatic rings. The van der Waals surface area contributed by atoms with Crippen LogP contribution in [0.4, 0.5) is 0 Å². The maximum Gasteiger partial charge on any atom is 0.253 e. The van der Waals surface area contributed by atoms with Gasteiger partial charge in [0.2, 0.25) is 0 Å². The Morgan fingerprint density at radius 2 is 2.43 bits per heavy atom. The number of carbonyl (C=O) groups excluding carboxylic acids is 1. The Balaban J connectivity index is 2.03. The molecule has 0 saturated heterocycles. The Morgan fingerprint density at radius 3 is 2.93 bits per heavy atom. The van der Waals surface area contributed by atoms with Crippen LogP contribution in [0.15, 0.2) is 24.5 Å². The molecule has 1 saturated carbocycles. The first-order valence-corrected chi connectivity index (χ1v) is 5.08. The van der Waals surface area contributed by atoms with Gasteiger partial charge < -0.3 is 5.32 Å². The molecule has 0 atom stereocenters. The van der Waals surface area contributed by atoms with E-state index in [0.717, 1.165) is 12.8 Å². The first-order valence-electron chi connectivity index (χ1n) is 4.54. The monoisotopic (exact) mass is 210 g/mol. The van der Waals surface area contributed by atoms with E-state index in [-0.39, 0.29) is 11.4 Å². The zero-order valence-electron chi connectivity index (χ0n) is 7.66. The normalized spacial score (nSPS) is 17.5. The molecule has 1 fully saturated rings. The number of nitrogens with zero attached hydrogens (tertiary/aromatic N) is 1. The summed E-state index contributed by atoms with van der Waals surface area (Å²) in [5, 5.41) is 2.92. The molecule has 2 rings (SSSR count). The summed E-state index contributed by atoms with van der Waals surface area (Å²) >= 11 is 5.76. The van der Waals surface area contributed by atoms with E-state index in [9.17, 15) is 4.79 Å². The number of amides is 1. The highest BCUT2D eigenvalue weighted by molar-refractivity contribution is 6.19. The molecule has 14 heavy (non-hydrogen) atoms. The summed E-state index contributed by atoms with van der Waals surface area (Å²) in [6, 6.07) is 3.49. The molecule has 4 heteroatoms. The zero-order chi connectivity index (χ0) is 10.0. The van der Waals surface area contributed by atoms with Gasteiger partial charge in [-0.05, 0) is 25.0 Å². The van der Waals surface area contributed by atoms with E-state index < -0.39 is 0 Å². The second-order valence-corrected chi connectivity index (χ2v) is 3.88. The number of halogens is 1. The summed E-state index contributed by atoms with van der Waals surface area (Å²) in [6.45, 7) is 0. The van der Waals surface area contributed by atoms with E-state index in [1.165, 1.54) is 0 Å². The molecule has 0 unspecified atom stereocenters. The van der Waals surface area contributed by atoms with Crippen LogP contribution < -0.4 is 5.32 Å². The van der Waals surface area contributed by atoms with Crippen LogP contribution >= 0.6 is 11.6 Å². The van der Waals surface area contributed by atoms with Crippen LogP contribution in [-0.4, -0.2) is 22.3 Å². The predicted molar refractivity (Wildman–Crippen MR) is 54.4 cm³/mol. The Hall–Kier alpha value is -1.09. The third-order valence-electron chi connectivity index (χ3n) is 2.41. The lowest BCUT2D eigenvalue weighted by atomic mass is 10.2. The topological polar surface area (TPSA) is 42.0 Å². The number of hydrogen-bond donors (Lipinski definition) is 1. The molecule has 0 spiro atoms. The molecule has 3 nitrogen and oxygen atoms in total. The van der Waals surface area contributed by atoms with Crippen LogP contribution in [0.25, 0.3) is 0 Å². The second kappa shape index (κ2) is 3.58. The maximum absolute atomic E-state index is 11.6. The van der Waals surface area contributed by atoms with Gasteiger partial charge >= 0.3 is 0 Å². The molecule has 0 aromatic carbocycles. The molecular formula is C10H11ClN2O. The van der Waals surface area contributed by atoms with Crippen molar-refractivity contribution in [3.63, 3.8) is 0 Å². The Kier molecular flexibility index (Phi) is 2.42. The highest BCUT2D eigenvalue weighted by Crippen LogP contribution is 2.36. The smallest absolute Gasteiger partial charge is 0.253 e. The van der Waals surface area contributed by atoms with Crippen LogP contribution in [0, 0.1) is 0 Å². The lowest BCUT2D eigenvalue weighted by molar-refractivity contribution is 0.0935. The van der Waals surface area contributed by atoms with Crippen LogP contribution in [0.2, 0.25) is 0 Å². The van der Waals surface area contributed by atoms with Crippen molar-refractivity contribution in [1.82, 2.24) is 10.3 Å². The summed E-state index contributed by atoms with van der Waals surface area (Å²) < 4.78 is 0. The van der Waals surface area contributed by atoms with Gasteiger partial charge in [-0.3, -0.25) is 9.78 Å². The summed E-state index contributed by atoms with van der Waals surface area (Å²) in [5.74, 6) is 0.398. The molecule has 1 aromatic heterocycles. The summed E-state index contributed by atoms with van der Waals surface area (Å²) in [4.78, 5) is 15.5. The van der Waals surface area contributed by atoms with Crippen LogP contribution in [0.5, 0.6) is 0 Å². The van der Waals surface area contributed by atoms with Crippen molar-refractivity contribution in [2.45, 2.75) is 18.4 Å². The van der Waals surface area contributed by atoms with Crippen molar-refractivity contribution >= 4 is 17.5 Å². The lowest BCUT2D eigenvalue weighted by Crippen LogP contribution is -2.38. The van der Waals surface area contributed by atoms with E-state index in [0.29, 0.717) is 11.4 Å². The number of nitrogens with one attached hydrogen (secondary N) is 1. The fraction of sp³-hybridized carbons (Fsp3) is 0.400. The molecule has 74 valence electrons. The fourth-order valence-corrected chi connectivity index (χ4v) is 1.59. The standard InChI is InChI=1S/C10H11ClN2O/c11-7-10(3-4-10)13-9(14)8-2-1-5-12-6-8/h1-2,5-6H,3-4,7H2,(H,13,14). The minimum atomic E-state index is -0.144. The van der Waals surface area contributed by atoms with E-state index in [1.54, 1.807) is 24.5 Å². The average molecular weight is 211 g/mol. The fourth-order valence-electron chi connectivity index (χ4n) is 1.25. The van der Waals surface area contributed by atoms with Crippen molar-refractivity contribution in [3.05, 3.63) is 30.1 Å².